The van der Waals surface area contributed by atoms with E-state index in [4.69, 9.17) is 5.11 Å². The van der Waals surface area contributed by atoms with E-state index >= 15 is 0 Å². The van der Waals surface area contributed by atoms with Gasteiger partial charge in [-0.1, -0.05) is 12.8 Å². The second kappa shape index (κ2) is 8.08. The second-order valence-corrected chi connectivity index (χ2v) is 4.41. The van der Waals surface area contributed by atoms with Crippen LogP contribution in [0.2, 0.25) is 0 Å². The number of carboxylic acids is 1. The summed E-state index contributed by atoms with van der Waals surface area (Å²) in [7, 11) is 0. The van der Waals surface area contributed by atoms with Crippen LogP contribution in [0.25, 0.3) is 0 Å². The summed E-state index contributed by atoms with van der Waals surface area (Å²) in [6.07, 6.45) is 3.27. The van der Waals surface area contributed by atoms with Crippen molar-refractivity contribution in [3.8, 4) is 0 Å². The fourth-order valence-corrected chi connectivity index (χ4v) is 1.74. The molecule has 0 aliphatic carbocycles. The lowest BCUT2D eigenvalue weighted by molar-refractivity contribution is -0.385. The number of nitro groups is 1. The number of nitrogens with one attached hydrogen (secondary N) is 1. The highest BCUT2D eigenvalue weighted by atomic mass is 19.1. The molecule has 0 spiro atoms. The van der Waals surface area contributed by atoms with Gasteiger partial charge in [0.1, 0.15) is 0 Å². The summed E-state index contributed by atoms with van der Waals surface area (Å²) in [6.45, 7) is 0.543. The molecule has 0 aliphatic rings. The largest absolute Gasteiger partial charge is 0.481 e. The van der Waals surface area contributed by atoms with Crippen LogP contribution in [0.3, 0.4) is 0 Å². The molecule has 0 saturated heterocycles. The van der Waals surface area contributed by atoms with Gasteiger partial charge in [0.25, 0.3) is 5.69 Å². The van der Waals surface area contributed by atoms with E-state index in [1.807, 2.05) is 0 Å². The number of anilines is 1. The summed E-state index contributed by atoms with van der Waals surface area (Å²) < 4.78 is 13.5. The zero-order valence-electron chi connectivity index (χ0n) is 11.0. The molecule has 0 aliphatic heterocycles. The standard InChI is InChI=1S/C13H17FN2O4/c14-11-9-10(16(19)20)6-7-12(11)15-8-4-2-1-3-5-13(17)18/h6-7,9,15H,1-5,8H2,(H,17,18). The van der Waals surface area contributed by atoms with E-state index in [9.17, 15) is 19.3 Å². The van der Waals surface area contributed by atoms with Crippen LogP contribution in [-0.2, 0) is 4.79 Å². The van der Waals surface area contributed by atoms with E-state index in [1.165, 1.54) is 12.1 Å². The maximum absolute atomic E-state index is 13.5. The van der Waals surface area contributed by atoms with Gasteiger partial charge in [-0.25, -0.2) is 4.39 Å². The summed E-state index contributed by atoms with van der Waals surface area (Å²) in [5.74, 6) is -1.44. The third-order valence-electron chi connectivity index (χ3n) is 2.80. The molecule has 6 nitrogen and oxygen atoms in total. The van der Waals surface area contributed by atoms with Gasteiger partial charge >= 0.3 is 5.97 Å². The number of hydrogen-bond donors (Lipinski definition) is 2. The highest BCUT2D eigenvalue weighted by Gasteiger charge is 2.09. The molecule has 1 rings (SSSR count). The number of nitro benzene ring substituents is 1. The van der Waals surface area contributed by atoms with Gasteiger partial charge in [0.2, 0.25) is 0 Å². The van der Waals surface area contributed by atoms with Gasteiger partial charge in [-0.15, -0.1) is 0 Å². The van der Waals surface area contributed by atoms with Crippen LogP contribution in [0.4, 0.5) is 15.8 Å². The van der Waals surface area contributed by atoms with Crippen LogP contribution < -0.4 is 5.32 Å². The van der Waals surface area contributed by atoms with E-state index in [2.05, 4.69) is 5.32 Å². The molecule has 20 heavy (non-hydrogen) atoms. The fourth-order valence-electron chi connectivity index (χ4n) is 1.74. The van der Waals surface area contributed by atoms with Crippen LogP contribution in [0.5, 0.6) is 0 Å². The molecule has 2 N–H and O–H groups in total. The molecule has 0 atom stereocenters. The number of benzene rings is 1. The third-order valence-corrected chi connectivity index (χ3v) is 2.80. The molecule has 110 valence electrons. The Morgan fingerprint density at radius 1 is 1.30 bits per heavy atom. The van der Waals surface area contributed by atoms with Gasteiger partial charge in [-0.2, -0.15) is 0 Å². The van der Waals surface area contributed by atoms with Crippen LogP contribution in [-0.4, -0.2) is 22.5 Å². The van der Waals surface area contributed by atoms with E-state index < -0.39 is 16.7 Å². The van der Waals surface area contributed by atoms with Gasteiger partial charge < -0.3 is 10.4 Å². The highest BCUT2D eigenvalue weighted by Crippen LogP contribution is 2.20. The Morgan fingerprint density at radius 2 is 2.00 bits per heavy atom. The number of hydrogen-bond acceptors (Lipinski definition) is 4. The van der Waals surface area contributed by atoms with Crippen molar-refractivity contribution in [2.24, 2.45) is 0 Å². The van der Waals surface area contributed by atoms with Crippen molar-refractivity contribution < 1.29 is 19.2 Å². The zero-order chi connectivity index (χ0) is 15.0. The normalized spacial score (nSPS) is 10.2. The number of carbonyl (C=O) groups is 1. The predicted octanol–water partition coefficient (Wildman–Crippen LogP) is 3.18. The van der Waals surface area contributed by atoms with Gasteiger partial charge in [0.05, 0.1) is 16.7 Å². The Balaban J connectivity index is 2.25. The number of aliphatic carboxylic acids is 1. The first kappa shape index (κ1) is 15.9. The molecule has 0 aromatic heterocycles. The number of nitrogens with zero attached hydrogens (tertiary/aromatic N) is 1. The number of carboxylic acid groups (broad SMARTS) is 1. The first-order valence-corrected chi connectivity index (χ1v) is 6.40. The molecule has 0 saturated carbocycles. The minimum atomic E-state index is -0.795. The average Bonchev–Trinajstić information content (AvgIpc) is 2.38. The lowest BCUT2D eigenvalue weighted by atomic mass is 10.1. The maximum atomic E-state index is 13.5. The number of halogens is 1. The first-order chi connectivity index (χ1) is 9.50. The topological polar surface area (TPSA) is 92.5 Å². The van der Waals surface area contributed by atoms with Crippen molar-refractivity contribution in [1.29, 1.82) is 0 Å². The van der Waals surface area contributed by atoms with Crippen molar-refractivity contribution in [2.75, 3.05) is 11.9 Å². The Labute approximate surface area is 115 Å². The monoisotopic (exact) mass is 284 g/mol. The molecule has 0 amide bonds. The Kier molecular flexibility index (Phi) is 6.42. The smallest absolute Gasteiger partial charge is 0.303 e. The van der Waals surface area contributed by atoms with E-state index in [-0.39, 0.29) is 17.8 Å². The minimum Gasteiger partial charge on any atom is -0.481 e. The predicted molar refractivity (Wildman–Crippen MR) is 72.3 cm³/mol. The molecule has 0 bridgehead atoms. The number of non-ortho nitro benzene ring substituents is 1. The molecule has 0 radical (unpaired) electrons. The Hall–Kier alpha value is -2.18. The van der Waals surface area contributed by atoms with Crippen LogP contribution in [0.1, 0.15) is 32.1 Å². The molecule has 1 aromatic rings. The van der Waals surface area contributed by atoms with Gasteiger partial charge in [-0.3, -0.25) is 14.9 Å². The summed E-state index contributed by atoms with van der Waals surface area (Å²) >= 11 is 0. The van der Waals surface area contributed by atoms with Crippen molar-refractivity contribution >= 4 is 17.3 Å². The highest BCUT2D eigenvalue weighted by molar-refractivity contribution is 5.66. The Bertz CT molecular complexity index is 479. The average molecular weight is 284 g/mol. The molecule has 1 aromatic carbocycles. The van der Waals surface area contributed by atoms with E-state index in [0.29, 0.717) is 13.0 Å². The van der Waals surface area contributed by atoms with Gasteiger partial charge in [-0.05, 0) is 18.9 Å². The van der Waals surface area contributed by atoms with Crippen molar-refractivity contribution in [1.82, 2.24) is 0 Å². The van der Waals surface area contributed by atoms with E-state index in [1.54, 1.807) is 0 Å². The summed E-state index contributed by atoms with van der Waals surface area (Å²) in [6, 6.07) is 3.48. The van der Waals surface area contributed by atoms with E-state index in [0.717, 1.165) is 25.3 Å². The van der Waals surface area contributed by atoms with Gasteiger partial charge in [0, 0.05) is 19.0 Å². The quantitative estimate of drug-likeness (QED) is 0.412. The SMILES string of the molecule is O=C(O)CCCCCCNc1ccc([N+](=O)[O-])cc1F. The van der Waals surface area contributed by atoms with Crippen molar-refractivity contribution in [2.45, 2.75) is 32.1 Å². The summed E-state index contributed by atoms with van der Waals surface area (Å²) in [5, 5.41) is 21.8. The molecule has 7 heteroatoms. The van der Waals surface area contributed by atoms with Crippen molar-refractivity contribution in [3.63, 3.8) is 0 Å². The van der Waals surface area contributed by atoms with Crippen molar-refractivity contribution in [3.05, 3.63) is 34.1 Å². The molecule has 0 heterocycles. The fraction of sp³-hybridized carbons (Fsp3) is 0.462. The lowest BCUT2D eigenvalue weighted by Gasteiger charge is -2.07. The molecule has 0 fully saturated rings. The van der Waals surface area contributed by atoms with Gasteiger partial charge in [0.15, 0.2) is 5.82 Å². The van der Waals surface area contributed by atoms with Crippen LogP contribution >= 0.6 is 0 Å². The summed E-state index contributed by atoms with van der Waals surface area (Å²) in [5.41, 5.74) is -0.0390. The molecular formula is C13H17FN2O4. The number of unbranched alkanes of at least 4 members (excludes halogenated alkanes) is 3. The molecule has 0 unspecified atom stereocenters. The summed E-state index contributed by atoms with van der Waals surface area (Å²) in [4.78, 5) is 20.1. The second-order valence-electron chi connectivity index (χ2n) is 4.41. The minimum absolute atomic E-state index is 0.171. The first-order valence-electron chi connectivity index (χ1n) is 6.40. The number of rotatable bonds is 9. The lowest BCUT2D eigenvalue weighted by Crippen LogP contribution is -2.04. The molecular weight excluding hydrogens is 267 g/mol. The van der Waals surface area contributed by atoms with Crippen LogP contribution in [0.15, 0.2) is 18.2 Å². The van der Waals surface area contributed by atoms with Crippen LogP contribution in [0, 0.1) is 15.9 Å². The Morgan fingerprint density at radius 3 is 2.60 bits per heavy atom. The maximum Gasteiger partial charge on any atom is 0.303 e. The third kappa shape index (κ3) is 5.64. The zero-order valence-corrected chi connectivity index (χ0v) is 11.0.